The number of aryl methyl sites for hydroxylation is 2. The number of rotatable bonds is 4. The molecule has 1 aromatic carbocycles. The lowest BCUT2D eigenvalue weighted by Crippen LogP contribution is -2.12. The fourth-order valence-electron chi connectivity index (χ4n) is 2.12. The van der Waals surface area contributed by atoms with Gasteiger partial charge >= 0.3 is 0 Å². The predicted octanol–water partition coefficient (Wildman–Crippen LogP) is 4.44. The summed E-state index contributed by atoms with van der Waals surface area (Å²) >= 11 is 3.52. The van der Waals surface area contributed by atoms with Crippen molar-refractivity contribution in [1.82, 2.24) is 10.1 Å². The van der Waals surface area contributed by atoms with Gasteiger partial charge in [-0.2, -0.15) is 0 Å². The van der Waals surface area contributed by atoms with Crippen molar-refractivity contribution in [3.63, 3.8) is 0 Å². The molecule has 0 atom stereocenters. The Morgan fingerprint density at radius 2 is 2.00 bits per heavy atom. The molecule has 0 unspecified atom stereocenters. The summed E-state index contributed by atoms with van der Waals surface area (Å²) in [6, 6.07) is 9.35. The molecule has 2 aromatic heterocycles. The number of nitrogens with zero attached hydrogens (tertiary/aromatic N) is 2. The molecular weight excluding hydrogens is 372 g/mol. The number of amides is 1. The van der Waals surface area contributed by atoms with Gasteiger partial charge in [0.15, 0.2) is 5.82 Å². The van der Waals surface area contributed by atoms with Gasteiger partial charge in [0.2, 0.25) is 0 Å². The normalized spacial score (nSPS) is 10.5. The van der Waals surface area contributed by atoms with Crippen molar-refractivity contribution in [2.24, 2.45) is 0 Å². The van der Waals surface area contributed by atoms with Crippen LogP contribution in [0.25, 0.3) is 0 Å². The van der Waals surface area contributed by atoms with E-state index in [-0.39, 0.29) is 5.91 Å². The summed E-state index contributed by atoms with van der Waals surface area (Å²) in [6.07, 6.45) is 3.15. The second kappa shape index (κ2) is 6.84. The molecule has 0 fully saturated rings. The van der Waals surface area contributed by atoms with Crippen molar-refractivity contribution in [1.29, 1.82) is 0 Å². The Hall–Kier alpha value is -2.67. The van der Waals surface area contributed by atoms with Gasteiger partial charge in [-0.15, -0.1) is 0 Å². The lowest BCUT2D eigenvalue weighted by atomic mass is 10.2. The Kier molecular flexibility index (Phi) is 4.61. The number of hydrogen-bond acceptors (Lipinski definition) is 5. The molecule has 2 N–H and O–H groups in total. The summed E-state index contributed by atoms with van der Waals surface area (Å²) in [6.45, 7) is 3.78. The maximum absolute atomic E-state index is 12.3. The molecule has 3 aromatic rings. The average molecular weight is 387 g/mol. The number of halogens is 1. The van der Waals surface area contributed by atoms with Crippen molar-refractivity contribution in [3.8, 4) is 0 Å². The van der Waals surface area contributed by atoms with Crippen molar-refractivity contribution >= 4 is 39.0 Å². The van der Waals surface area contributed by atoms with E-state index in [1.807, 2.05) is 25.1 Å². The van der Waals surface area contributed by atoms with E-state index in [9.17, 15) is 4.79 Å². The van der Waals surface area contributed by atoms with Crippen LogP contribution in [0.4, 0.5) is 17.2 Å². The fraction of sp³-hybridized carbons (Fsp3) is 0.118. The van der Waals surface area contributed by atoms with E-state index in [1.165, 1.54) is 6.20 Å². The molecule has 24 heavy (non-hydrogen) atoms. The molecule has 2 heterocycles. The van der Waals surface area contributed by atoms with Crippen LogP contribution in [0.5, 0.6) is 0 Å². The van der Waals surface area contributed by atoms with Gasteiger partial charge in [-0.25, -0.2) is 0 Å². The minimum Gasteiger partial charge on any atom is -0.360 e. The third-order valence-corrected chi connectivity index (χ3v) is 3.93. The van der Waals surface area contributed by atoms with Crippen LogP contribution in [0.2, 0.25) is 0 Å². The molecule has 0 spiro atoms. The van der Waals surface area contributed by atoms with Gasteiger partial charge in [-0.1, -0.05) is 11.2 Å². The first kappa shape index (κ1) is 16.2. The van der Waals surface area contributed by atoms with Crippen LogP contribution >= 0.6 is 15.9 Å². The summed E-state index contributed by atoms with van der Waals surface area (Å²) in [4.78, 5) is 16.4. The largest absolute Gasteiger partial charge is 0.360 e. The minimum absolute atomic E-state index is 0.303. The third kappa shape index (κ3) is 3.80. The molecule has 0 radical (unpaired) electrons. The number of nitrogens with one attached hydrogen (secondary N) is 2. The maximum atomic E-state index is 12.3. The molecule has 0 bridgehead atoms. The molecular formula is C17H15BrN4O2. The maximum Gasteiger partial charge on any atom is 0.258 e. The van der Waals surface area contributed by atoms with Gasteiger partial charge < -0.3 is 15.2 Å². The topological polar surface area (TPSA) is 80.0 Å². The summed E-state index contributed by atoms with van der Waals surface area (Å²) in [7, 11) is 0. The summed E-state index contributed by atoms with van der Waals surface area (Å²) in [5.41, 5.74) is 3.18. The van der Waals surface area contributed by atoms with Crippen LogP contribution in [-0.4, -0.2) is 16.0 Å². The number of hydrogen-bond donors (Lipinski definition) is 2. The average Bonchev–Trinajstić information content (AvgIpc) is 2.95. The van der Waals surface area contributed by atoms with Gasteiger partial charge in [0.05, 0.1) is 23.1 Å². The van der Waals surface area contributed by atoms with E-state index in [1.54, 1.807) is 25.3 Å². The van der Waals surface area contributed by atoms with Crippen molar-refractivity contribution in [2.45, 2.75) is 13.8 Å². The van der Waals surface area contributed by atoms with E-state index < -0.39 is 0 Å². The number of carbonyl (C=O) groups is 1. The summed E-state index contributed by atoms with van der Waals surface area (Å²) in [5, 5.41) is 9.65. The summed E-state index contributed by atoms with van der Waals surface area (Å²) in [5.74, 6) is 0.697. The van der Waals surface area contributed by atoms with E-state index >= 15 is 0 Å². The van der Waals surface area contributed by atoms with Gasteiger partial charge in [0.25, 0.3) is 5.91 Å². The fourth-order valence-corrected chi connectivity index (χ4v) is 2.72. The Balaban J connectivity index is 1.77. The molecule has 7 heteroatoms. The highest BCUT2D eigenvalue weighted by Gasteiger charge is 2.10. The number of benzene rings is 1. The zero-order valence-electron chi connectivity index (χ0n) is 13.1. The highest BCUT2D eigenvalue weighted by molar-refractivity contribution is 9.10. The Morgan fingerprint density at radius 3 is 2.71 bits per heavy atom. The summed E-state index contributed by atoms with van der Waals surface area (Å²) < 4.78 is 5.87. The van der Waals surface area contributed by atoms with Crippen molar-refractivity contribution in [2.75, 3.05) is 10.6 Å². The van der Waals surface area contributed by atoms with Crippen molar-refractivity contribution in [3.05, 3.63) is 64.1 Å². The number of pyridine rings is 1. The Labute approximate surface area is 147 Å². The van der Waals surface area contributed by atoms with Gasteiger partial charge in [0.1, 0.15) is 5.76 Å². The first-order valence-electron chi connectivity index (χ1n) is 7.24. The second-order valence-corrected chi connectivity index (χ2v) is 6.20. The Bertz CT molecular complexity index is 892. The van der Waals surface area contributed by atoms with Gasteiger partial charge in [-0.05, 0) is 53.5 Å². The highest BCUT2D eigenvalue weighted by Crippen LogP contribution is 2.26. The first-order chi connectivity index (χ1) is 11.5. The van der Waals surface area contributed by atoms with Gasteiger partial charge in [-0.3, -0.25) is 9.78 Å². The van der Waals surface area contributed by atoms with Crippen LogP contribution in [0.1, 0.15) is 21.7 Å². The third-order valence-electron chi connectivity index (χ3n) is 3.27. The number of carbonyl (C=O) groups excluding carboxylic acids is 1. The van der Waals surface area contributed by atoms with Gasteiger partial charge in [0, 0.05) is 16.7 Å². The molecule has 0 aliphatic rings. The lowest BCUT2D eigenvalue weighted by Gasteiger charge is -2.10. The van der Waals surface area contributed by atoms with Crippen LogP contribution < -0.4 is 10.6 Å². The zero-order valence-corrected chi connectivity index (χ0v) is 14.7. The van der Waals surface area contributed by atoms with Crippen molar-refractivity contribution < 1.29 is 9.32 Å². The predicted molar refractivity (Wildman–Crippen MR) is 95.6 cm³/mol. The molecule has 3 rings (SSSR count). The van der Waals surface area contributed by atoms with E-state index in [0.29, 0.717) is 22.8 Å². The van der Waals surface area contributed by atoms with E-state index in [4.69, 9.17) is 4.52 Å². The van der Waals surface area contributed by atoms with E-state index in [0.717, 1.165) is 15.7 Å². The SMILES string of the molecule is Cc1ccc(Nc2cncc(C(=O)Nc3cc(C)on3)c2)c(Br)c1. The monoisotopic (exact) mass is 386 g/mol. The highest BCUT2D eigenvalue weighted by atomic mass is 79.9. The molecule has 6 nitrogen and oxygen atoms in total. The van der Waals surface area contributed by atoms with Crippen LogP contribution in [0.3, 0.4) is 0 Å². The minimum atomic E-state index is -0.303. The molecule has 0 aliphatic carbocycles. The number of aromatic nitrogens is 2. The molecule has 0 saturated heterocycles. The standard InChI is InChI=1S/C17H15BrN4O2/c1-10-3-4-15(14(18)5-10)20-13-7-12(8-19-9-13)17(23)21-16-6-11(2)24-22-16/h3-9,20H,1-2H3,(H,21,22,23). The van der Waals surface area contributed by atoms with Crippen LogP contribution in [0, 0.1) is 13.8 Å². The lowest BCUT2D eigenvalue weighted by molar-refractivity contribution is 0.102. The first-order valence-corrected chi connectivity index (χ1v) is 8.03. The van der Waals surface area contributed by atoms with Crippen LogP contribution in [-0.2, 0) is 0 Å². The zero-order chi connectivity index (χ0) is 17.1. The molecule has 122 valence electrons. The second-order valence-electron chi connectivity index (χ2n) is 5.35. The molecule has 1 amide bonds. The quantitative estimate of drug-likeness (QED) is 0.692. The van der Waals surface area contributed by atoms with E-state index in [2.05, 4.69) is 36.7 Å². The molecule has 0 saturated carbocycles. The smallest absolute Gasteiger partial charge is 0.258 e. The molecule has 0 aliphatic heterocycles. The Morgan fingerprint density at radius 1 is 1.17 bits per heavy atom. The number of anilines is 3. The van der Waals surface area contributed by atoms with Crippen LogP contribution in [0.15, 0.2) is 51.7 Å².